The van der Waals surface area contributed by atoms with Crippen molar-refractivity contribution >= 4 is 12.1 Å². The number of hydrogen-bond donors (Lipinski definition) is 3. The Bertz CT molecular complexity index is 207. The molecule has 0 aliphatic heterocycles. The van der Waals surface area contributed by atoms with E-state index >= 15 is 0 Å². The molecule has 0 heterocycles. The van der Waals surface area contributed by atoms with Crippen LogP contribution in [0.4, 0.5) is 4.79 Å². The zero-order valence-electron chi connectivity index (χ0n) is 6.54. The highest BCUT2D eigenvalue weighted by Gasteiger charge is 2.42. The van der Waals surface area contributed by atoms with Crippen molar-refractivity contribution in [3.63, 3.8) is 0 Å². The van der Waals surface area contributed by atoms with Crippen molar-refractivity contribution in [1.82, 2.24) is 5.32 Å². The highest BCUT2D eigenvalue weighted by molar-refractivity contribution is 5.84. The lowest BCUT2D eigenvalue weighted by Crippen LogP contribution is -2.52. The second-order valence-electron chi connectivity index (χ2n) is 3.02. The van der Waals surface area contributed by atoms with Crippen molar-refractivity contribution in [2.24, 2.45) is 0 Å². The molecule has 5 nitrogen and oxygen atoms in total. The van der Waals surface area contributed by atoms with Gasteiger partial charge in [0.1, 0.15) is 5.54 Å². The summed E-state index contributed by atoms with van der Waals surface area (Å²) in [7, 11) is 0. The predicted molar refractivity (Wildman–Crippen MR) is 40.0 cm³/mol. The van der Waals surface area contributed by atoms with Crippen LogP contribution in [-0.2, 0) is 4.79 Å². The summed E-state index contributed by atoms with van der Waals surface area (Å²) >= 11 is 0. The van der Waals surface area contributed by atoms with Gasteiger partial charge in [0, 0.05) is 0 Å². The van der Waals surface area contributed by atoms with Crippen molar-refractivity contribution in [3.05, 3.63) is 0 Å². The first-order valence-corrected chi connectivity index (χ1v) is 3.81. The Hall–Kier alpha value is -1.26. The molecule has 0 unspecified atom stereocenters. The van der Waals surface area contributed by atoms with Crippen molar-refractivity contribution in [2.75, 3.05) is 0 Å². The highest BCUT2D eigenvalue weighted by Crippen LogP contribution is 2.29. The van der Waals surface area contributed by atoms with Gasteiger partial charge in [0.2, 0.25) is 0 Å². The minimum atomic E-state index is -1.26. The predicted octanol–water partition coefficient (Wildman–Crippen LogP) is 0.651. The minimum Gasteiger partial charge on any atom is -0.480 e. The number of rotatable bonds is 2. The lowest BCUT2D eigenvalue weighted by atomic mass is 9.98. The van der Waals surface area contributed by atoms with E-state index in [4.69, 9.17) is 10.2 Å². The van der Waals surface area contributed by atoms with E-state index in [0.717, 1.165) is 12.8 Å². The summed E-state index contributed by atoms with van der Waals surface area (Å²) in [5, 5.41) is 19.3. The summed E-state index contributed by atoms with van der Waals surface area (Å²) in [4.78, 5) is 21.0. The smallest absolute Gasteiger partial charge is 0.405 e. The van der Waals surface area contributed by atoms with Gasteiger partial charge in [-0.15, -0.1) is 0 Å². The Morgan fingerprint density at radius 1 is 1.17 bits per heavy atom. The first kappa shape index (κ1) is 8.83. The van der Waals surface area contributed by atoms with Crippen LogP contribution in [-0.4, -0.2) is 27.8 Å². The van der Waals surface area contributed by atoms with Crippen LogP contribution in [0.25, 0.3) is 0 Å². The second-order valence-corrected chi connectivity index (χ2v) is 3.02. The van der Waals surface area contributed by atoms with Gasteiger partial charge in [-0.05, 0) is 12.8 Å². The third-order valence-electron chi connectivity index (χ3n) is 2.21. The molecule has 0 aromatic heterocycles. The molecule has 0 aromatic carbocycles. The first-order valence-electron chi connectivity index (χ1n) is 3.81. The molecule has 0 bridgehead atoms. The van der Waals surface area contributed by atoms with Crippen LogP contribution < -0.4 is 5.32 Å². The molecule has 0 radical (unpaired) electrons. The third kappa shape index (κ3) is 1.49. The fourth-order valence-electron chi connectivity index (χ4n) is 1.58. The summed E-state index contributed by atoms with van der Waals surface area (Å²) in [5.74, 6) is -1.07. The summed E-state index contributed by atoms with van der Waals surface area (Å²) in [5.41, 5.74) is -1.22. The van der Waals surface area contributed by atoms with E-state index in [1.54, 1.807) is 0 Å². The van der Waals surface area contributed by atoms with Crippen molar-refractivity contribution < 1.29 is 19.8 Å². The average molecular weight is 173 g/mol. The number of hydrogen-bond acceptors (Lipinski definition) is 2. The van der Waals surface area contributed by atoms with E-state index < -0.39 is 17.6 Å². The van der Waals surface area contributed by atoms with Gasteiger partial charge in [-0.1, -0.05) is 12.8 Å². The zero-order valence-corrected chi connectivity index (χ0v) is 6.54. The van der Waals surface area contributed by atoms with Crippen LogP contribution >= 0.6 is 0 Å². The second kappa shape index (κ2) is 3.00. The van der Waals surface area contributed by atoms with Crippen LogP contribution in [0.15, 0.2) is 0 Å². The lowest BCUT2D eigenvalue weighted by Gasteiger charge is -2.22. The number of carbonyl (C=O) groups is 2. The van der Waals surface area contributed by atoms with Crippen LogP contribution in [0.2, 0.25) is 0 Å². The maximum absolute atomic E-state index is 10.7. The molecule has 0 saturated heterocycles. The topological polar surface area (TPSA) is 86.6 Å². The molecule has 3 N–H and O–H groups in total. The average Bonchev–Trinajstić information content (AvgIpc) is 2.35. The molecular formula is C7H11NO4. The van der Waals surface area contributed by atoms with E-state index in [-0.39, 0.29) is 0 Å². The minimum absolute atomic E-state index is 0.397. The quantitative estimate of drug-likeness (QED) is 0.572. The van der Waals surface area contributed by atoms with Crippen LogP contribution in [0.5, 0.6) is 0 Å². The highest BCUT2D eigenvalue weighted by atomic mass is 16.4. The largest absolute Gasteiger partial charge is 0.480 e. The summed E-state index contributed by atoms with van der Waals surface area (Å²) in [6.45, 7) is 0. The molecule has 0 atom stereocenters. The van der Waals surface area contributed by atoms with Gasteiger partial charge in [0.25, 0.3) is 0 Å². The SMILES string of the molecule is O=C(O)NC1(C(=O)O)CCCC1. The molecule has 1 rings (SSSR count). The van der Waals surface area contributed by atoms with Gasteiger partial charge in [0.05, 0.1) is 0 Å². The Balaban J connectivity index is 2.72. The third-order valence-corrected chi connectivity index (χ3v) is 2.21. The zero-order chi connectivity index (χ0) is 9.19. The number of nitrogens with one attached hydrogen (secondary N) is 1. The molecule has 5 heteroatoms. The molecule has 1 amide bonds. The van der Waals surface area contributed by atoms with Crippen molar-refractivity contribution in [1.29, 1.82) is 0 Å². The molecule has 1 aliphatic carbocycles. The summed E-state index contributed by atoms with van der Waals surface area (Å²) in [6.07, 6.45) is 1.07. The number of carboxylic acid groups (broad SMARTS) is 2. The van der Waals surface area contributed by atoms with E-state index in [9.17, 15) is 9.59 Å². The van der Waals surface area contributed by atoms with E-state index in [2.05, 4.69) is 5.32 Å². The van der Waals surface area contributed by atoms with E-state index in [1.165, 1.54) is 0 Å². The van der Waals surface area contributed by atoms with Crippen molar-refractivity contribution in [3.8, 4) is 0 Å². The molecule has 68 valence electrons. The lowest BCUT2D eigenvalue weighted by molar-refractivity contribution is -0.144. The molecule has 1 aliphatic rings. The fourth-order valence-corrected chi connectivity index (χ4v) is 1.58. The molecule has 0 aromatic rings. The molecule has 0 spiro atoms. The summed E-state index contributed by atoms with van der Waals surface area (Å²) in [6, 6.07) is 0. The standard InChI is InChI=1S/C7H11NO4/c9-5(10)7(8-6(11)12)3-1-2-4-7/h8H,1-4H2,(H,9,10)(H,11,12). The molecule has 1 fully saturated rings. The summed E-state index contributed by atoms with van der Waals surface area (Å²) < 4.78 is 0. The van der Waals surface area contributed by atoms with Gasteiger partial charge in [-0.3, -0.25) is 0 Å². The maximum atomic E-state index is 10.7. The Morgan fingerprint density at radius 2 is 1.67 bits per heavy atom. The Morgan fingerprint density at radius 3 is 2.00 bits per heavy atom. The first-order chi connectivity index (χ1) is 5.57. The Kier molecular flexibility index (Phi) is 2.21. The fraction of sp³-hybridized carbons (Fsp3) is 0.714. The van der Waals surface area contributed by atoms with Gasteiger partial charge < -0.3 is 15.5 Å². The molecular weight excluding hydrogens is 162 g/mol. The van der Waals surface area contributed by atoms with E-state index in [1.807, 2.05) is 0 Å². The van der Waals surface area contributed by atoms with Gasteiger partial charge in [0.15, 0.2) is 0 Å². The van der Waals surface area contributed by atoms with Crippen LogP contribution in [0.3, 0.4) is 0 Å². The molecule has 1 saturated carbocycles. The van der Waals surface area contributed by atoms with E-state index in [0.29, 0.717) is 12.8 Å². The number of amides is 1. The van der Waals surface area contributed by atoms with Crippen LogP contribution in [0, 0.1) is 0 Å². The van der Waals surface area contributed by atoms with Crippen LogP contribution in [0.1, 0.15) is 25.7 Å². The Labute approximate surface area is 69.4 Å². The maximum Gasteiger partial charge on any atom is 0.405 e. The van der Waals surface area contributed by atoms with Gasteiger partial charge >= 0.3 is 12.1 Å². The number of carboxylic acids is 1. The normalized spacial score (nSPS) is 20.3. The van der Waals surface area contributed by atoms with Gasteiger partial charge in [-0.2, -0.15) is 0 Å². The monoisotopic (exact) mass is 173 g/mol. The van der Waals surface area contributed by atoms with Gasteiger partial charge in [-0.25, -0.2) is 9.59 Å². The number of aliphatic carboxylic acids is 1. The van der Waals surface area contributed by atoms with Crippen molar-refractivity contribution in [2.45, 2.75) is 31.2 Å². The molecule has 12 heavy (non-hydrogen) atoms.